The Balaban J connectivity index is 1.98. The van der Waals surface area contributed by atoms with Gasteiger partial charge in [0.1, 0.15) is 0 Å². The van der Waals surface area contributed by atoms with E-state index in [2.05, 4.69) is 37.8 Å². The molecule has 0 aromatic rings. The Labute approximate surface area is 106 Å². The quantitative estimate of drug-likeness (QED) is 0.727. The third kappa shape index (κ3) is 6.80. The van der Waals surface area contributed by atoms with Crippen LogP contribution in [0, 0.1) is 11.8 Å². The fourth-order valence-corrected chi connectivity index (χ4v) is 3.46. The Bertz CT molecular complexity index is 164. The van der Waals surface area contributed by atoms with Gasteiger partial charge in [-0.15, -0.1) is 0 Å². The molecule has 1 saturated heterocycles. The zero-order valence-electron chi connectivity index (χ0n) is 11.3. The van der Waals surface area contributed by atoms with E-state index in [4.69, 9.17) is 0 Å². The molecule has 0 aliphatic carbocycles. The first kappa shape index (κ1) is 14.4. The number of hydrogen-bond donors (Lipinski definition) is 1. The highest BCUT2D eigenvalue weighted by atomic mass is 32.2. The first-order chi connectivity index (χ1) is 7.68. The van der Waals surface area contributed by atoms with Crippen molar-refractivity contribution < 1.29 is 0 Å². The molecule has 0 aromatic heterocycles. The largest absolute Gasteiger partial charge is 0.314 e. The summed E-state index contributed by atoms with van der Waals surface area (Å²) in [6.07, 6.45) is 6.96. The molecule has 1 rings (SSSR count). The molecule has 1 heterocycles. The molecule has 0 aromatic carbocycles. The second-order valence-electron chi connectivity index (χ2n) is 5.69. The lowest BCUT2D eigenvalue weighted by atomic mass is 10.0. The molecule has 2 heteroatoms. The van der Waals surface area contributed by atoms with Crippen molar-refractivity contribution in [1.29, 1.82) is 0 Å². The smallest absolute Gasteiger partial charge is 0.00388 e. The van der Waals surface area contributed by atoms with Gasteiger partial charge in [-0.25, -0.2) is 0 Å². The molecule has 1 fully saturated rings. The van der Waals surface area contributed by atoms with Gasteiger partial charge in [-0.1, -0.05) is 26.7 Å². The number of nitrogens with one attached hydrogen (secondary N) is 1. The maximum absolute atomic E-state index is 3.72. The molecular formula is C14H29NS. The predicted octanol–water partition coefficient (Wildman–Crippen LogP) is 3.93. The zero-order chi connectivity index (χ0) is 11.8. The van der Waals surface area contributed by atoms with E-state index in [0.29, 0.717) is 6.04 Å². The minimum atomic E-state index is 0.716. The van der Waals surface area contributed by atoms with Crippen molar-refractivity contribution >= 4 is 11.8 Å². The second kappa shape index (κ2) is 8.41. The SMILES string of the molecule is CC(C)CCCC(C)NCC1CCSCC1. The molecule has 1 unspecified atom stereocenters. The first-order valence-electron chi connectivity index (χ1n) is 6.99. The fraction of sp³-hybridized carbons (Fsp3) is 1.00. The topological polar surface area (TPSA) is 12.0 Å². The van der Waals surface area contributed by atoms with Crippen LogP contribution in [0.1, 0.15) is 52.9 Å². The Morgan fingerprint density at radius 3 is 2.44 bits per heavy atom. The summed E-state index contributed by atoms with van der Waals surface area (Å²) in [4.78, 5) is 0. The van der Waals surface area contributed by atoms with E-state index < -0.39 is 0 Å². The van der Waals surface area contributed by atoms with E-state index in [0.717, 1.165) is 11.8 Å². The lowest BCUT2D eigenvalue weighted by molar-refractivity contribution is 0.393. The van der Waals surface area contributed by atoms with Gasteiger partial charge in [0.2, 0.25) is 0 Å². The second-order valence-corrected chi connectivity index (χ2v) is 6.91. The van der Waals surface area contributed by atoms with Crippen LogP contribution in [-0.4, -0.2) is 24.1 Å². The maximum Gasteiger partial charge on any atom is 0.00388 e. The summed E-state index contributed by atoms with van der Waals surface area (Å²) in [5, 5.41) is 3.72. The minimum absolute atomic E-state index is 0.716. The van der Waals surface area contributed by atoms with Gasteiger partial charge in [0.05, 0.1) is 0 Å². The van der Waals surface area contributed by atoms with E-state index >= 15 is 0 Å². The zero-order valence-corrected chi connectivity index (χ0v) is 12.1. The van der Waals surface area contributed by atoms with Gasteiger partial charge in [-0.05, 0) is 56.1 Å². The number of hydrogen-bond acceptors (Lipinski definition) is 2. The Kier molecular flexibility index (Phi) is 7.55. The molecule has 1 nitrogen and oxygen atoms in total. The third-order valence-electron chi connectivity index (χ3n) is 3.51. The molecule has 0 amide bonds. The van der Waals surface area contributed by atoms with Gasteiger partial charge in [0.15, 0.2) is 0 Å². The molecule has 96 valence electrons. The summed E-state index contributed by atoms with van der Waals surface area (Å²) in [5.41, 5.74) is 0. The lowest BCUT2D eigenvalue weighted by Crippen LogP contribution is -2.32. The van der Waals surface area contributed by atoms with Gasteiger partial charge >= 0.3 is 0 Å². The molecule has 0 spiro atoms. The summed E-state index contributed by atoms with van der Waals surface area (Å²) < 4.78 is 0. The van der Waals surface area contributed by atoms with Crippen molar-refractivity contribution in [2.45, 2.75) is 58.9 Å². The van der Waals surface area contributed by atoms with E-state index in [1.807, 2.05) is 0 Å². The van der Waals surface area contributed by atoms with Gasteiger partial charge in [0.25, 0.3) is 0 Å². The molecular weight excluding hydrogens is 214 g/mol. The lowest BCUT2D eigenvalue weighted by Gasteiger charge is -2.24. The summed E-state index contributed by atoms with van der Waals surface area (Å²) in [6.45, 7) is 8.23. The maximum atomic E-state index is 3.72. The Morgan fingerprint density at radius 1 is 1.12 bits per heavy atom. The van der Waals surface area contributed by atoms with Crippen LogP contribution in [-0.2, 0) is 0 Å². The highest BCUT2D eigenvalue weighted by Crippen LogP contribution is 2.22. The first-order valence-corrected chi connectivity index (χ1v) is 8.15. The fourth-order valence-electron chi connectivity index (χ4n) is 2.25. The summed E-state index contributed by atoms with van der Waals surface area (Å²) in [5.74, 6) is 4.58. The monoisotopic (exact) mass is 243 g/mol. The normalized spacial score (nSPS) is 20.2. The van der Waals surface area contributed by atoms with Crippen molar-refractivity contribution in [2.75, 3.05) is 18.1 Å². The average molecular weight is 243 g/mol. The van der Waals surface area contributed by atoms with Crippen LogP contribution >= 0.6 is 11.8 Å². The number of rotatable bonds is 7. The van der Waals surface area contributed by atoms with Crippen molar-refractivity contribution in [2.24, 2.45) is 11.8 Å². The van der Waals surface area contributed by atoms with Crippen LogP contribution in [0.5, 0.6) is 0 Å². The van der Waals surface area contributed by atoms with E-state index in [-0.39, 0.29) is 0 Å². The van der Waals surface area contributed by atoms with E-state index in [1.165, 1.54) is 50.2 Å². The molecule has 0 saturated carbocycles. The van der Waals surface area contributed by atoms with Gasteiger partial charge in [-0.2, -0.15) is 11.8 Å². The van der Waals surface area contributed by atoms with Crippen LogP contribution in [0.3, 0.4) is 0 Å². The molecule has 0 bridgehead atoms. The van der Waals surface area contributed by atoms with Crippen molar-refractivity contribution in [1.82, 2.24) is 5.32 Å². The van der Waals surface area contributed by atoms with Gasteiger partial charge in [-0.3, -0.25) is 0 Å². The van der Waals surface area contributed by atoms with Crippen molar-refractivity contribution in [3.63, 3.8) is 0 Å². The minimum Gasteiger partial charge on any atom is -0.314 e. The van der Waals surface area contributed by atoms with Gasteiger partial charge < -0.3 is 5.32 Å². The van der Waals surface area contributed by atoms with Crippen LogP contribution in [0.2, 0.25) is 0 Å². The third-order valence-corrected chi connectivity index (χ3v) is 4.56. The predicted molar refractivity (Wildman–Crippen MR) is 76.2 cm³/mol. The van der Waals surface area contributed by atoms with Crippen molar-refractivity contribution in [3.05, 3.63) is 0 Å². The standard InChI is InChI=1S/C14H29NS/c1-12(2)5-4-6-13(3)15-11-14-7-9-16-10-8-14/h12-15H,4-11H2,1-3H3. The van der Waals surface area contributed by atoms with Crippen LogP contribution in [0.15, 0.2) is 0 Å². The molecule has 0 radical (unpaired) electrons. The Morgan fingerprint density at radius 2 is 1.81 bits per heavy atom. The van der Waals surface area contributed by atoms with Crippen LogP contribution in [0.25, 0.3) is 0 Å². The van der Waals surface area contributed by atoms with Crippen LogP contribution < -0.4 is 5.32 Å². The van der Waals surface area contributed by atoms with E-state index in [9.17, 15) is 0 Å². The van der Waals surface area contributed by atoms with Crippen LogP contribution in [0.4, 0.5) is 0 Å². The molecule has 1 N–H and O–H groups in total. The Hall–Kier alpha value is 0.310. The van der Waals surface area contributed by atoms with Crippen molar-refractivity contribution in [3.8, 4) is 0 Å². The highest BCUT2D eigenvalue weighted by molar-refractivity contribution is 7.99. The number of thioether (sulfide) groups is 1. The van der Waals surface area contributed by atoms with Gasteiger partial charge in [0, 0.05) is 6.04 Å². The molecule has 1 aliphatic rings. The average Bonchev–Trinajstić information content (AvgIpc) is 2.27. The molecule has 1 aliphatic heterocycles. The summed E-state index contributed by atoms with van der Waals surface area (Å²) in [6, 6.07) is 0.716. The molecule has 16 heavy (non-hydrogen) atoms. The summed E-state index contributed by atoms with van der Waals surface area (Å²) in [7, 11) is 0. The summed E-state index contributed by atoms with van der Waals surface area (Å²) >= 11 is 2.12. The molecule has 1 atom stereocenters. The van der Waals surface area contributed by atoms with E-state index in [1.54, 1.807) is 0 Å². The highest BCUT2D eigenvalue weighted by Gasteiger charge is 2.14.